The lowest BCUT2D eigenvalue weighted by molar-refractivity contribution is 0.0130. The van der Waals surface area contributed by atoms with Crippen LogP contribution in [0.25, 0.3) is 0 Å². The van der Waals surface area contributed by atoms with Crippen LogP contribution in [-0.4, -0.2) is 23.7 Å². The molecule has 0 aromatic carbocycles. The van der Waals surface area contributed by atoms with Crippen molar-refractivity contribution >= 4 is 0 Å². The van der Waals surface area contributed by atoms with Gasteiger partial charge in [0, 0.05) is 31.6 Å². The van der Waals surface area contributed by atoms with Gasteiger partial charge in [0.1, 0.15) is 0 Å². The Bertz CT molecular complexity index is 340. The Morgan fingerprint density at radius 1 is 1.56 bits per heavy atom. The molecule has 1 aliphatic rings. The largest absolute Gasteiger partial charge is 0.378 e. The first kappa shape index (κ1) is 11.6. The van der Waals surface area contributed by atoms with Gasteiger partial charge in [-0.25, -0.2) is 0 Å². The van der Waals surface area contributed by atoms with E-state index < -0.39 is 0 Å². The van der Waals surface area contributed by atoms with Crippen molar-refractivity contribution in [1.29, 1.82) is 0 Å². The molecule has 2 heterocycles. The van der Waals surface area contributed by atoms with Gasteiger partial charge in [-0.2, -0.15) is 0 Å². The van der Waals surface area contributed by atoms with Crippen LogP contribution in [0, 0.1) is 6.92 Å². The molecule has 1 fully saturated rings. The topological polar surface area (TPSA) is 34.2 Å². The number of nitrogens with zero attached hydrogens (tertiary/aromatic N) is 1. The molecule has 16 heavy (non-hydrogen) atoms. The number of rotatable bonds is 3. The van der Waals surface area contributed by atoms with E-state index in [2.05, 4.69) is 30.2 Å². The summed E-state index contributed by atoms with van der Waals surface area (Å²) in [5.41, 5.74) is 2.60. The first-order valence-electron chi connectivity index (χ1n) is 6.00. The van der Waals surface area contributed by atoms with E-state index in [4.69, 9.17) is 4.74 Å². The van der Waals surface area contributed by atoms with Gasteiger partial charge in [0.25, 0.3) is 0 Å². The third kappa shape index (κ3) is 3.03. The van der Waals surface area contributed by atoms with Crippen LogP contribution in [0.15, 0.2) is 18.5 Å². The maximum absolute atomic E-state index is 5.53. The number of ether oxygens (including phenoxy) is 1. The summed E-state index contributed by atoms with van der Waals surface area (Å²) in [7, 11) is 0. The Hall–Kier alpha value is -0.930. The highest BCUT2D eigenvalue weighted by atomic mass is 16.5. The number of aryl methyl sites for hydroxylation is 1. The molecule has 0 bridgehead atoms. The lowest BCUT2D eigenvalue weighted by Gasteiger charge is -2.28. The van der Waals surface area contributed by atoms with E-state index in [0.29, 0.717) is 12.1 Å². The van der Waals surface area contributed by atoms with Crippen molar-refractivity contribution in [2.45, 2.75) is 45.4 Å². The SMILES string of the molecule is Cc1cnccc1CNC1CCOC(C)C1. The molecule has 0 amide bonds. The molecule has 1 aromatic rings. The van der Waals surface area contributed by atoms with Crippen LogP contribution in [0.3, 0.4) is 0 Å². The van der Waals surface area contributed by atoms with Gasteiger partial charge < -0.3 is 10.1 Å². The summed E-state index contributed by atoms with van der Waals surface area (Å²) in [6.45, 7) is 6.07. The van der Waals surface area contributed by atoms with Crippen LogP contribution in [0.1, 0.15) is 30.9 Å². The fourth-order valence-electron chi connectivity index (χ4n) is 2.14. The Balaban J connectivity index is 1.85. The zero-order valence-electron chi connectivity index (χ0n) is 10.1. The molecule has 3 heteroatoms. The van der Waals surface area contributed by atoms with Crippen LogP contribution < -0.4 is 5.32 Å². The molecule has 1 aliphatic heterocycles. The lowest BCUT2D eigenvalue weighted by atomic mass is 10.0. The number of pyridine rings is 1. The molecule has 0 radical (unpaired) electrons. The monoisotopic (exact) mass is 220 g/mol. The van der Waals surface area contributed by atoms with Crippen LogP contribution in [0.2, 0.25) is 0 Å². The Kier molecular flexibility index (Phi) is 3.91. The van der Waals surface area contributed by atoms with Crippen molar-refractivity contribution in [2.24, 2.45) is 0 Å². The lowest BCUT2D eigenvalue weighted by Crippen LogP contribution is -2.37. The average molecular weight is 220 g/mol. The van der Waals surface area contributed by atoms with Crippen molar-refractivity contribution in [3.8, 4) is 0 Å². The maximum Gasteiger partial charge on any atom is 0.0561 e. The smallest absolute Gasteiger partial charge is 0.0561 e. The first-order valence-corrected chi connectivity index (χ1v) is 6.00. The van der Waals surface area contributed by atoms with Gasteiger partial charge in [0.15, 0.2) is 0 Å². The number of hydrogen-bond acceptors (Lipinski definition) is 3. The molecule has 3 nitrogen and oxygen atoms in total. The van der Waals surface area contributed by atoms with E-state index in [0.717, 1.165) is 26.0 Å². The van der Waals surface area contributed by atoms with Gasteiger partial charge in [-0.1, -0.05) is 0 Å². The van der Waals surface area contributed by atoms with E-state index in [1.807, 2.05) is 12.4 Å². The Morgan fingerprint density at radius 2 is 2.44 bits per heavy atom. The number of hydrogen-bond donors (Lipinski definition) is 1. The molecule has 0 saturated carbocycles. The minimum Gasteiger partial charge on any atom is -0.378 e. The van der Waals surface area contributed by atoms with Crippen LogP contribution >= 0.6 is 0 Å². The summed E-state index contributed by atoms with van der Waals surface area (Å²) in [5, 5.41) is 3.60. The van der Waals surface area contributed by atoms with Gasteiger partial charge in [0.05, 0.1) is 6.10 Å². The molecule has 2 rings (SSSR count). The van der Waals surface area contributed by atoms with Gasteiger partial charge in [-0.3, -0.25) is 4.98 Å². The van der Waals surface area contributed by atoms with E-state index >= 15 is 0 Å². The first-order chi connectivity index (χ1) is 7.75. The Labute approximate surface area is 97.2 Å². The Morgan fingerprint density at radius 3 is 3.19 bits per heavy atom. The fourth-order valence-corrected chi connectivity index (χ4v) is 2.14. The second-order valence-corrected chi connectivity index (χ2v) is 4.59. The quantitative estimate of drug-likeness (QED) is 0.846. The standard InChI is InChI=1S/C13H20N2O/c1-10-8-14-5-3-12(10)9-15-13-4-6-16-11(2)7-13/h3,5,8,11,13,15H,4,6-7,9H2,1-2H3. The fraction of sp³-hybridized carbons (Fsp3) is 0.615. The van der Waals surface area contributed by atoms with Gasteiger partial charge in [-0.05, 0) is 43.9 Å². The molecule has 0 spiro atoms. The van der Waals surface area contributed by atoms with E-state index in [-0.39, 0.29) is 0 Å². The summed E-state index contributed by atoms with van der Waals surface area (Å²) in [4.78, 5) is 4.10. The highest BCUT2D eigenvalue weighted by molar-refractivity contribution is 5.21. The van der Waals surface area contributed by atoms with Gasteiger partial charge in [-0.15, -0.1) is 0 Å². The number of nitrogens with one attached hydrogen (secondary N) is 1. The summed E-state index contributed by atoms with van der Waals surface area (Å²) in [6, 6.07) is 2.68. The predicted molar refractivity (Wildman–Crippen MR) is 64.2 cm³/mol. The summed E-state index contributed by atoms with van der Waals surface area (Å²) < 4.78 is 5.53. The summed E-state index contributed by atoms with van der Waals surface area (Å²) in [6.07, 6.45) is 6.41. The zero-order chi connectivity index (χ0) is 11.4. The highest BCUT2D eigenvalue weighted by Gasteiger charge is 2.18. The molecular weight excluding hydrogens is 200 g/mol. The normalized spacial score (nSPS) is 25.6. The molecular formula is C13H20N2O. The number of aromatic nitrogens is 1. The highest BCUT2D eigenvalue weighted by Crippen LogP contribution is 2.14. The second kappa shape index (κ2) is 5.41. The van der Waals surface area contributed by atoms with E-state index in [9.17, 15) is 0 Å². The molecule has 0 aliphatic carbocycles. The second-order valence-electron chi connectivity index (χ2n) is 4.59. The maximum atomic E-state index is 5.53. The molecule has 1 saturated heterocycles. The third-order valence-corrected chi connectivity index (χ3v) is 3.20. The van der Waals surface area contributed by atoms with Crippen molar-refractivity contribution in [3.05, 3.63) is 29.6 Å². The zero-order valence-corrected chi connectivity index (χ0v) is 10.1. The van der Waals surface area contributed by atoms with Crippen molar-refractivity contribution in [1.82, 2.24) is 10.3 Å². The van der Waals surface area contributed by atoms with Crippen molar-refractivity contribution in [3.63, 3.8) is 0 Å². The van der Waals surface area contributed by atoms with Crippen LogP contribution in [0.5, 0.6) is 0 Å². The van der Waals surface area contributed by atoms with Crippen molar-refractivity contribution < 1.29 is 4.74 Å². The van der Waals surface area contributed by atoms with Crippen LogP contribution in [-0.2, 0) is 11.3 Å². The molecule has 2 unspecified atom stereocenters. The third-order valence-electron chi connectivity index (χ3n) is 3.20. The van der Waals surface area contributed by atoms with Crippen LogP contribution in [0.4, 0.5) is 0 Å². The van der Waals surface area contributed by atoms with E-state index in [1.54, 1.807) is 0 Å². The molecule has 1 aromatic heterocycles. The van der Waals surface area contributed by atoms with Crippen molar-refractivity contribution in [2.75, 3.05) is 6.61 Å². The van der Waals surface area contributed by atoms with Gasteiger partial charge >= 0.3 is 0 Å². The molecule has 2 atom stereocenters. The summed E-state index contributed by atoms with van der Waals surface area (Å²) >= 11 is 0. The molecule has 88 valence electrons. The molecule has 1 N–H and O–H groups in total. The average Bonchev–Trinajstić information content (AvgIpc) is 2.28. The van der Waals surface area contributed by atoms with Gasteiger partial charge in [0.2, 0.25) is 0 Å². The van der Waals surface area contributed by atoms with E-state index in [1.165, 1.54) is 11.1 Å². The summed E-state index contributed by atoms with van der Waals surface area (Å²) in [5.74, 6) is 0. The minimum absolute atomic E-state index is 0.393. The predicted octanol–water partition coefficient (Wildman–Crippen LogP) is 2.05. The minimum atomic E-state index is 0.393.